The molecular formula is C26H32N4O4S. The van der Waals surface area contributed by atoms with Gasteiger partial charge >= 0.3 is 0 Å². The van der Waals surface area contributed by atoms with E-state index in [0.29, 0.717) is 43.6 Å². The topological polar surface area (TPSA) is 93.4 Å². The van der Waals surface area contributed by atoms with Crippen molar-refractivity contribution in [2.75, 3.05) is 24.2 Å². The molecular weight excluding hydrogens is 464 g/mol. The normalized spacial score (nSPS) is 16.8. The Morgan fingerprint density at radius 1 is 1.06 bits per heavy atom. The number of aromatic nitrogens is 2. The Labute approximate surface area is 206 Å². The van der Waals surface area contributed by atoms with Crippen LogP contribution in [0.4, 0.5) is 5.69 Å². The molecule has 1 aliphatic heterocycles. The molecule has 2 aromatic carbocycles. The SMILES string of the molecule is Cc1c(NC(=O)C2CCCN(S(=O)(=O)CCCc3ccccc3)C2)c(=O)n(-c2ccccc2)n1C. The number of nitrogens with one attached hydrogen (secondary N) is 1. The summed E-state index contributed by atoms with van der Waals surface area (Å²) < 4.78 is 30.6. The first-order valence-corrected chi connectivity index (χ1v) is 13.6. The molecule has 1 fully saturated rings. The predicted octanol–water partition coefficient (Wildman–Crippen LogP) is 3.10. The van der Waals surface area contributed by atoms with Gasteiger partial charge in [0.1, 0.15) is 5.69 Å². The molecule has 1 saturated heterocycles. The van der Waals surface area contributed by atoms with E-state index >= 15 is 0 Å². The van der Waals surface area contributed by atoms with Crippen LogP contribution in [0.2, 0.25) is 0 Å². The fraction of sp³-hybridized carbons (Fsp3) is 0.385. The summed E-state index contributed by atoms with van der Waals surface area (Å²) in [7, 11) is -1.70. The van der Waals surface area contributed by atoms with E-state index in [0.717, 1.165) is 5.56 Å². The molecule has 1 amide bonds. The Hall–Kier alpha value is -3.17. The average Bonchev–Trinajstić information content (AvgIpc) is 3.08. The Bertz CT molecular complexity index is 1330. The first-order valence-electron chi connectivity index (χ1n) is 11.9. The largest absolute Gasteiger partial charge is 0.320 e. The van der Waals surface area contributed by atoms with Gasteiger partial charge in [0, 0.05) is 20.1 Å². The molecule has 0 saturated carbocycles. The van der Waals surface area contributed by atoms with E-state index in [-0.39, 0.29) is 29.5 Å². The van der Waals surface area contributed by atoms with Crippen LogP contribution in [0.5, 0.6) is 0 Å². The van der Waals surface area contributed by atoms with Crippen molar-refractivity contribution in [1.29, 1.82) is 0 Å². The Balaban J connectivity index is 1.42. The molecule has 1 N–H and O–H groups in total. The van der Waals surface area contributed by atoms with E-state index in [1.165, 1.54) is 8.99 Å². The van der Waals surface area contributed by atoms with E-state index in [2.05, 4.69) is 5.32 Å². The van der Waals surface area contributed by atoms with Crippen LogP contribution >= 0.6 is 0 Å². The number of sulfonamides is 1. The monoisotopic (exact) mass is 496 g/mol. The number of carbonyl (C=O) groups excluding carboxylic acids is 1. The van der Waals surface area contributed by atoms with Gasteiger partial charge in [0.2, 0.25) is 15.9 Å². The average molecular weight is 497 g/mol. The molecule has 1 atom stereocenters. The summed E-state index contributed by atoms with van der Waals surface area (Å²) in [5.74, 6) is -0.771. The van der Waals surface area contributed by atoms with Crippen LogP contribution < -0.4 is 10.9 Å². The van der Waals surface area contributed by atoms with Crippen molar-refractivity contribution in [2.45, 2.75) is 32.6 Å². The molecule has 1 unspecified atom stereocenters. The minimum atomic E-state index is -3.46. The smallest absolute Gasteiger partial charge is 0.295 e. The number of piperidine rings is 1. The van der Waals surface area contributed by atoms with Crippen molar-refractivity contribution in [3.63, 3.8) is 0 Å². The second-order valence-corrected chi connectivity index (χ2v) is 11.1. The number of carbonyl (C=O) groups is 1. The van der Waals surface area contributed by atoms with Crippen LogP contribution in [-0.2, 0) is 28.3 Å². The highest BCUT2D eigenvalue weighted by Crippen LogP contribution is 2.23. The summed E-state index contributed by atoms with van der Waals surface area (Å²) in [5.41, 5.74) is 2.36. The van der Waals surface area contributed by atoms with Gasteiger partial charge in [-0.3, -0.25) is 14.3 Å². The van der Waals surface area contributed by atoms with Crippen LogP contribution in [0.3, 0.4) is 0 Å². The molecule has 35 heavy (non-hydrogen) atoms. The summed E-state index contributed by atoms with van der Waals surface area (Å²) in [5, 5.41) is 2.80. The number of hydrogen-bond donors (Lipinski definition) is 1. The maximum atomic E-state index is 13.1. The molecule has 0 radical (unpaired) electrons. The fourth-order valence-corrected chi connectivity index (χ4v) is 6.16. The van der Waals surface area contributed by atoms with E-state index in [9.17, 15) is 18.0 Å². The number of benzene rings is 2. The van der Waals surface area contributed by atoms with Crippen molar-refractivity contribution in [1.82, 2.24) is 13.7 Å². The lowest BCUT2D eigenvalue weighted by molar-refractivity contribution is -0.120. The van der Waals surface area contributed by atoms with Crippen molar-refractivity contribution >= 4 is 21.6 Å². The maximum Gasteiger partial charge on any atom is 0.295 e. The van der Waals surface area contributed by atoms with Gasteiger partial charge in [-0.2, -0.15) is 0 Å². The van der Waals surface area contributed by atoms with Gasteiger partial charge < -0.3 is 5.32 Å². The zero-order valence-electron chi connectivity index (χ0n) is 20.2. The predicted molar refractivity (Wildman–Crippen MR) is 137 cm³/mol. The highest BCUT2D eigenvalue weighted by Gasteiger charge is 2.33. The number of anilines is 1. The van der Waals surface area contributed by atoms with Gasteiger partial charge in [0.05, 0.1) is 23.1 Å². The van der Waals surface area contributed by atoms with Crippen molar-refractivity contribution in [3.05, 3.63) is 82.3 Å². The molecule has 2 heterocycles. The third kappa shape index (κ3) is 5.57. The van der Waals surface area contributed by atoms with Gasteiger partial charge in [-0.25, -0.2) is 17.4 Å². The third-order valence-electron chi connectivity index (χ3n) is 6.66. The number of aryl methyl sites for hydroxylation is 1. The van der Waals surface area contributed by atoms with Crippen LogP contribution in [0.1, 0.15) is 30.5 Å². The van der Waals surface area contributed by atoms with E-state index in [1.807, 2.05) is 60.7 Å². The minimum Gasteiger partial charge on any atom is -0.320 e. The standard InChI is InChI=1S/C26H32N4O4S/c1-20-24(26(32)30(28(20)2)23-15-7-4-8-16-23)27-25(31)22-14-9-17-29(19-22)35(33,34)18-10-13-21-11-5-3-6-12-21/h3-8,11-12,15-16,22H,9-10,13-14,17-19H2,1-2H3,(H,27,31). The lowest BCUT2D eigenvalue weighted by Crippen LogP contribution is -2.44. The van der Waals surface area contributed by atoms with Crippen LogP contribution in [0.15, 0.2) is 65.5 Å². The molecule has 8 nitrogen and oxygen atoms in total. The van der Waals surface area contributed by atoms with E-state index in [1.54, 1.807) is 18.7 Å². The Kier molecular flexibility index (Phi) is 7.57. The van der Waals surface area contributed by atoms with Gasteiger partial charge in [-0.1, -0.05) is 48.5 Å². The fourth-order valence-electron chi connectivity index (χ4n) is 4.58. The van der Waals surface area contributed by atoms with E-state index < -0.39 is 15.9 Å². The molecule has 4 rings (SSSR count). The van der Waals surface area contributed by atoms with Gasteiger partial charge in [0.15, 0.2) is 0 Å². The van der Waals surface area contributed by atoms with Gasteiger partial charge in [0.25, 0.3) is 5.56 Å². The highest BCUT2D eigenvalue weighted by atomic mass is 32.2. The molecule has 1 aliphatic rings. The van der Waals surface area contributed by atoms with Crippen molar-refractivity contribution < 1.29 is 13.2 Å². The minimum absolute atomic E-state index is 0.0514. The lowest BCUT2D eigenvalue weighted by Gasteiger charge is -2.31. The zero-order valence-corrected chi connectivity index (χ0v) is 21.0. The molecule has 9 heteroatoms. The lowest BCUT2D eigenvalue weighted by atomic mass is 9.99. The van der Waals surface area contributed by atoms with Crippen LogP contribution in [0.25, 0.3) is 5.69 Å². The van der Waals surface area contributed by atoms with Gasteiger partial charge in [-0.15, -0.1) is 0 Å². The van der Waals surface area contributed by atoms with Crippen LogP contribution in [0, 0.1) is 12.8 Å². The van der Waals surface area contributed by atoms with Crippen LogP contribution in [-0.4, -0.2) is 46.8 Å². The number of nitrogens with zero attached hydrogens (tertiary/aromatic N) is 3. The quantitative estimate of drug-likeness (QED) is 0.519. The first-order chi connectivity index (χ1) is 16.8. The summed E-state index contributed by atoms with van der Waals surface area (Å²) >= 11 is 0. The number of amides is 1. The molecule has 0 bridgehead atoms. The summed E-state index contributed by atoms with van der Waals surface area (Å²) in [6, 6.07) is 19.0. The molecule has 0 aliphatic carbocycles. The second kappa shape index (κ2) is 10.6. The zero-order chi connectivity index (χ0) is 25.0. The summed E-state index contributed by atoms with van der Waals surface area (Å²) in [6.45, 7) is 2.34. The Morgan fingerprint density at radius 2 is 1.71 bits per heavy atom. The van der Waals surface area contributed by atoms with Crippen molar-refractivity contribution in [2.24, 2.45) is 13.0 Å². The number of rotatable bonds is 8. The third-order valence-corrected chi connectivity index (χ3v) is 8.58. The molecule has 3 aromatic rings. The second-order valence-electron chi connectivity index (χ2n) is 9.03. The number of hydrogen-bond acceptors (Lipinski definition) is 4. The Morgan fingerprint density at radius 3 is 2.40 bits per heavy atom. The highest BCUT2D eigenvalue weighted by molar-refractivity contribution is 7.89. The maximum absolute atomic E-state index is 13.1. The number of para-hydroxylation sites is 1. The first kappa shape index (κ1) is 24.9. The van der Waals surface area contributed by atoms with Crippen molar-refractivity contribution in [3.8, 4) is 5.69 Å². The summed E-state index contributed by atoms with van der Waals surface area (Å²) in [6.07, 6.45) is 2.42. The van der Waals surface area contributed by atoms with Gasteiger partial charge in [-0.05, 0) is 50.3 Å². The molecule has 186 valence electrons. The molecule has 0 spiro atoms. The summed E-state index contributed by atoms with van der Waals surface area (Å²) in [4.78, 5) is 26.2. The molecule has 1 aromatic heterocycles. The van der Waals surface area contributed by atoms with E-state index in [4.69, 9.17) is 0 Å².